The second-order valence-corrected chi connectivity index (χ2v) is 18.7. The van der Waals surface area contributed by atoms with E-state index in [0.29, 0.717) is 0 Å². The third-order valence-electron chi connectivity index (χ3n) is 15.2. The van der Waals surface area contributed by atoms with E-state index in [4.69, 9.17) is 0 Å². The molecule has 0 saturated heterocycles. The van der Waals surface area contributed by atoms with Crippen molar-refractivity contribution in [2.24, 2.45) is 5.92 Å². The Morgan fingerprint density at radius 1 is 0.369 bits per heavy atom. The lowest BCUT2D eigenvalue weighted by molar-refractivity contribution is 0.466. The molecule has 3 unspecified atom stereocenters. The third-order valence-corrected chi connectivity index (χ3v) is 15.2. The van der Waals surface area contributed by atoms with Gasteiger partial charge in [-0.05, 0) is 114 Å². The van der Waals surface area contributed by atoms with Gasteiger partial charge in [-0.2, -0.15) is 0 Å². The first-order valence-electron chi connectivity index (χ1n) is 23.1. The van der Waals surface area contributed by atoms with Crippen LogP contribution in [-0.2, 0) is 10.8 Å². The number of allylic oxidation sites excluding steroid dienone is 4. The van der Waals surface area contributed by atoms with E-state index in [9.17, 15) is 0 Å². The topological polar surface area (TPSA) is 3.24 Å². The predicted octanol–water partition coefficient (Wildman–Crippen LogP) is 16.6. The van der Waals surface area contributed by atoms with Gasteiger partial charge in [0.1, 0.15) is 0 Å². The minimum atomic E-state index is -0.327. The summed E-state index contributed by atoms with van der Waals surface area (Å²) in [5.41, 5.74) is 24.3. The molecule has 3 atom stereocenters. The molecule has 4 aliphatic carbocycles. The minimum Gasteiger partial charge on any atom is -0.310 e. The predicted molar refractivity (Wildman–Crippen MR) is 271 cm³/mol. The summed E-state index contributed by atoms with van der Waals surface area (Å²) in [5, 5.41) is 0. The van der Waals surface area contributed by atoms with Gasteiger partial charge in [0.25, 0.3) is 0 Å². The first-order valence-corrected chi connectivity index (χ1v) is 23.1. The Morgan fingerprint density at radius 2 is 0.908 bits per heavy atom. The number of anilines is 3. The van der Waals surface area contributed by atoms with Crippen LogP contribution >= 0.6 is 0 Å². The summed E-state index contributed by atoms with van der Waals surface area (Å²) in [7, 11) is 0. The standard InChI is InChI=1S/C64H47N/c1-63(2)54-29-13-9-24-50(54)51-40-39-46(41-59(51)63)65(60-34-16-12-23-47(60)42-19-5-3-6-20-42)45-37-35-44(36-38-45)49-28-18-33-58-62(49)53-26-11-15-31-56(53)64(58)55-30-14-10-25-52(55)61-48(27-17-32-57(61)64)43-21-7-4-8-22-43/h3-41,53,56H,1-2H3. The van der Waals surface area contributed by atoms with Crippen LogP contribution in [0, 0.1) is 5.92 Å². The average molecular weight is 830 g/mol. The van der Waals surface area contributed by atoms with Crippen molar-refractivity contribution in [3.63, 3.8) is 0 Å². The smallest absolute Gasteiger partial charge is 0.0540 e. The van der Waals surface area contributed by atoms with Gasteiger partial charge in [-0.3, -0.25) is 0 Å². The first kappa shape index (κ1) is 37.8. The van der Waals surface area contributed by atoms with Crippen LogP contribution < -0.4 is 4.90 Å². The summed E-state index contributed by atoms with van der Waals surface area (Å²) in [5.74, 6) is 0.454. The second-order valence-electron chi connectivity index (χ2n) is 18.7. The Balaban J connectivity index is 0.979. The van der Waals surface area contributed by atoms with Crippen molar-refractivity contribution in [3.05, 3.63) is 270 Å². The number of fused-ring (bicyclic) bond motifs is 13. The molecule has 1 heteroatoms. The summed E-state index contributed by atoms with van der Waals surface area (Å²) in [6, 6.07) is 79.4. The zero-order chi connectivity index (χ0) is 43.3. The highest BCUT2D eigenvalue weighted by Gasteiger charge is 2.58. The fraction of sp³-hybridized carbons (Fsp3) is 0.0938. The number of hydrogen-bond acceptors (Lipinski definition) is 1. The molecule has 1 spiro atoms. The Bertz CT molecular complexity index is 3410. The Morgan fingerprint density at radius 3 is 1.68 bits per heavy atom. The van der Waals surface area contributed by atoms with Gasteiger partial charge in [0.2, 0.25) is 0 Å². The molecular weight excluding hydrogens is 783 g/mol. The molecule has 308 valence electrons. The maximum absolute atomic E-state index is 2.50. The van der Waals surface area contributed by atoms with Crippen molar-refractivity contribution in [1.29, 1.82) is 0 Å². The lowest BCUT2D eigenvalue weighted by Crippen LogP contribution is -2.32. The molecule has 0 bridgehead atoms. The molecule has 0 amide bonds. The largest absolute Gasteiger partial charge is 0.310 e. The average Bonchev–Trinajstić information content (AvgIpc) is 3.93. The zero-order valence-electron chi connectivity index (χ0n) is 36.6. The molecule has 9 aromatic rings. The second kappa shape index (κ2) is 14.4. The van der Waals surface area contributed by atoms with Crippen LogP contribution in [0.15, 0.2) is 237 Å². The van der Waals surface area contributed by atoms with E-state index >= 15 is 0 Å². The number of hydrogen-bond donors (Lipinski definition) is 0. The van der Waals surface area contributed by atoms with Gasteiger partial charge in [0, 0.05) is 34.2 Å². The molecular formula is C64H47N. The molecule has 0 radical (unpaired) electrons. The molecule has 13 rings (SSSR count). The molecule has 0 aromatic heterocycles. The maximum Gasteiger partial charge on any atom is 0.0540 e. The molecule has 1 nitrogen and oxygen atoms in total. The van der Waals surface area contributed by atoms with E-state index in [2.05, 4.69) is 255 Å². The fourth-order valence-corrected chi connectivity index (χ4v) is 12.4. The quantitative estimate of drug-likeness (QED) is 0.161. The third kappa shape index (κ3) is 5.39. The highest BCUT2D eigenvalue weighted by Crippen LogP contribution is 2.67. The van der Waals surface area contributed by atoms with Crippen molar-refractivity contribution in [2.45, 2.75) is 30.6 Å². The van der Waals surface area contributed by atoms with E-state index in [1.54, 1.807) is 0 Å². The molecule has 0 fully saturated rings. The van der Waals surface area contributed by atoms with Gasteiger partial charge >= 0.3 is 0 Å². The SMILES string of the molecule is CC1(C)c2ccccc2-c2ccc(N(c3ccc(-c4cccc5c4C4C=CC=CC4C54c5ccccc5-c5c(-c6ccccc6)cccc54)cc3)c3ccccc3-c3ccccc3)cc21. The molecule has 65 heavy (non-hydrogen) atoms. The highest BCUT2D eigenvalue weighted by atomic mass is 15.1. The Hall–Kier alpha value is -7.74. The van der Waals surface area contributed by atoms with Crippen molar-refractivity contribution in [2.75, 3.05) is 4.90 Å². The van der Waals surface area contributed by atoms with Crippen molar-refractivity contribution >= 4 is 17.1 Å². The van der Waals surface area contributed by atoms with Crippen molar-refractivity contribution in [3.8, 4) is 55.6 Å². The molecule has 0 N–H and O–H groups in total. The molecule has 0 heterocycles. The van der Waals surface area contributed by atoms with Gasteiger partial charge in [-0.15, -0.1) is 0 Å². The normalized spacial score (nSPS) is 18.7. The molecule has 9 aromatic carbocycles. The van der Waals surface area contributed by atoms with Crippen LogP contribution in [0.2, 0.25) is 0 Å². The molecule has 4 aliphatic rings. The van der Waals surface area contributed by atoms with Crippen molar-refractivity contribution < 1.29 is 0 Å². The zero-order valence-corrected chi connectivity index (χ0v) is 36.6. The molecule has 0 aliphatic heterocycles. The van der Waals surface area contributed by atoms with Crippen LogP contribution in [0.25, 0.3) is 55.6 Å². The van der Waals surface area contributed by atoms with Crippen LogP contribution in [0.3, 0.4) is 0 Å². The number of rotatable bonds is 6. The lowest BCUT2D eigenvalue weighted by Gasteiger charge is -2.36. The summed E-state index contributed by atoms with van der Waals surface area (Å²) < 4.78 is 0. The highest BCUT2D eigenvalue weighted by molar-refractivity contribution is 5.96. The summed E-state index contributed by atoms with van der Waals surface area (Å²) in [6.45, 7) is 4.74. The van der Waals surface area contributed by atoms with Gasteiger partial charge < -0.3 is 4.90 Å². The number of para-hydroxylation sites is 1. The van der Waals surface area contributed by atoms with Crippen molar-refractivity contribution in [1.82, 2.24) is 0 Å². The van der Waals surface area contributed by atoms with Gasteiger partial charge in [-0.1, -0.05) is 220 Å². The van der Waals surface area contributed by atoms with Crippen LogP contribution in [0.4, 0.5) is 17.1 Å². The number of benzene rings is 9. The minimum absolute atomic E-state index is 0.120. The van der Waals surface area contributed by atoms with Crippen LogP contribution in [0.1, 0.15) is 53.1 Å². The Labute approximate surface area is 382 Å². The van der Waals surface area contributed by atoms with E-state index in [1.807, 2.05) is 0 Å². The van der Waals surface area contributed by atoms with E-state index in [0.717, 1.165) is 17.1 Å². The Kier molecular flexibility index (Phi) is 8.37. The summed E-state index contributed by atoms with van der Waals surface area (Å²) in [4.78, 5) is 2.47. The van der Waals surface area contributed by atoms with Gasteiger partial charge in [0.15, 0.2) is 0 Å². The van der Waals surface area contributed by atoms with Gasteiger partial charge in [-0.25, -0.2) is 0 Å². The maximum atomic E-state index is 2.50. The summed E-state index contributed by atoms with van der Waals surface area (Å²) in [6.07, 6.45) is 9.51. The van der Waals surface area contributed by atoms with E-state index in [1.165, 1.54) is 89.0 Å². The van der Waals surface area contributed by atoms with Crippen LogP contribution in [0.5, 0.6) is 0 Å². The number of nitrogens with zero attached hydrogens (tertiary/aromatic N) is 1. The molecule has 0 saturated carbocycles. The van der Waals surface area contributed by atoms with Gasteiger partial charge in [0.05, 0.1) is 11.1 Å². The fourth-order valence-electron chi connectivity index (χ4n) is 12.4. The first-order chi connectivity index (χ1) is 32.0. The summed E-state index contributed by atoms with van der Waals surface area (Å²) >= 11 is 0. The lowest BCUT2D eigenvalue weighted by atomic mass is 9.65. The van der Waals surface area contributed by atoms with E-state index in [-0.39, 0.29) is 22.7 Å². The monoisotopic (exact) mass is 829 g/mol. The van der Waals surface area contributed by atoms with E-state index < -0.39 is 0 Å². The van der Waals surface area contributed by atoms with Crippen LogP contribution in [-0.4, -0.2) is 0 Å².